The Bertz CT molecular complexity index is 511. The summed E-state index contributed by atoms with van der Waals surface area (Å²) in [5.41, 5.74) is 0.582. The first kappa shape index (κ1) is 14.2. The van der Waals surface area contributed by atoms with Crippen LogP contribution >= 0.6 is 23.2 Å². The molecule has 102 valence electrons. The minimum Gasteiger partial charge on any atom is -0.326 e. The largest absolute Gasteiger partial charge is 0.326 e. The molecule has 4 nitrogen and oxygen atoms in total. The van der Waals surface area contributed by atoms with E-state index in [-0.39, 0.29) is 18.4 Å². The molecular weight excluding hydrogens is 287 g/mol. The zero-order valence-electron chi connectivity index (χ0n) is 10.6. The lowest BCUT2D eigenvalue weighted by molar-refractivity contribution is -0.128. The van der Waals surface area contributed by atoms with Crippen LogP contribution in [0.4, 0.5) is 4.79 Å². The lowest BCUT2D eigenvalue weighted by Crippen LogP contribution is -2.34. The van der Waals surface area contributed by atoms with Gasteiger partial charge in [-0.25, -0.2) is 4.79 Å². The maximum atomic E-state index is 12.1. The Kier molecular flexibility index (Phi) is 4.02. The SMILES string of the molecule is CC(C)C1NC(=O)N(Cc2c(Cl)cccc2Cl)C1=O. The smallest absolute Gasteiger partial charge is 0.325 e. The van der Waals surface area contributed by atoms with Crippen molar-refractivity contribution in [1.82, 2.24) is 10.2 Å². The molecule has 0 saturated carbocycles. The number of urea groups is 1. The monoisotopic (exact) mass is 300 g/mol. The van der Waals surface area contributed by atoms with E-state index in [9.17, 15) is 9.59 Å². The van der Waals surface area contributed by atoms with Crippen LogP contribution in [0.3, 0.4) is 0 Å². The first-order valence-corrected chi connectivity index (χ1v) is 6.72. The van der Waals surface area contributed by atoms with Crippen molar-refractivity contribution in [2.75, 3.05) is 0 Å². The minimum absolute atomic E-state index is 0.0446. The predicted octanol–water partition coefficient (Wildman–Crippen LogP) is 3.07. The van der Waals surface area contributed by atoms with Gasteiger partial charge in [-0.2, -0.15) is 0 Å². The molecule has 1 aliphatic rings. The maximum absolute atomic E-state index is 12.1. The molecule has 0 radical (unpaired) electrons. The molecule has 1 unspecified atom stereocenters. The zero-order chi connectivity index (χ0) is 14.2. The standard InChI is InChI=1S/C13H14Cl2N2O2/c1-7(2)11-12(18)17(13(19)16-11)6-8-9(14)4-3-5-10(8)15/h3-5,7,11H,6H2,1-2H3,(H,16,19). The van der Waals surface area contributed by atoms with Gasteiger partial charge in [-0.15, -0.1) is 0 Å². The fourth-order valence-corrected chi connectivity index (χ4v) is 2.50. The van der Waals surface area contributed by atoms with Gasteiger partial charge >= 0.3 is 6.03 Å². The Morgan fingerprint density at radius 2 is 1.84 bits per heavy atom. The molecular formula is C13H14Cl2N2O2. The number of benzene rings is 1. The molecule has 1 saturated heterocycles. The molecule has 1 fully saturated rings. The van der Waals surface area contributed by atoms with E-state index in [2.05, 4.69) is 5.32 Å². The fraction of sp³-hybridized carbons (Fsp3) is 0.385. The van der Waals surface area contributed by atoms with Crippen LogP contribution in [0.25, 0.3) is 0 Å². The molecule has 6 heteroatoms. The number of imide groups is 1. The summed E-state index contributed by atoms with van der Waals surface area (Å²) >= 11 is 12.1. The summed E-state index contributed by atoms with van der Waals surface area (Å²) < 4.78 is 0. The summed E-state index contributed by atoms with van der Waals surface area (Å²) in [5.74, 6) is -0.195. The Labute approximate surface area is 121 Å². The Balaban J connectivity index is 2.24. The Morgan fingerprint density at radius 1 is 1.26 bits per heavy atom. The van der Waals surface area contributed by atoms with Crippen LogP contribution in [0.15, 0.2) is 18.2 Å². The highest BCUT2D eigenvalue weighted by Crippen LogP contribution is 2.27. The molecule has 1 aliphatic heterocycles. The zero-order valence-corrected chi connectivity index (χ0v) is 12.1. The molecule has 1 atom stereocenters. The molecule has 1 N–H and O–H groups in total. The van der Waals surface area contributed by atoms with Gasteiger partial charge in [-0.05, 0) is 18.1 Å². The summed E-state index contributed by atoms with van der Waals surface area (Å²) in [6, 6.07) is 4.20. The molecule has 0 aliphatic carbocycles. The summed E-state index contributed by atoms with van der Waals surface area (Å²) in [5, 5.41) is 3.55. The van der Waals surface area contributed by atoms with Gasteiger partial charge in [0, 0.05) is 15.6 Å². The van der Waals surface area contributed by atoms with E-state index in [1.807, 2.05) is 13.8 Å². The average molecular weight is 301 g/mol. The van der Waals surface area contributed by atoms with Crippen molar-refractivity contribution >= 4 is 35.1 Å². The average Bonchev–Trinajstić information content (AvgIpc) is 2.61. The Hall–Kier alpha value is -1.26. The highest BCUT2D eigenvalue weighted by Gasteiger charge is 2.39. The first-order valence-electron chi connectivity index (χ1n) is 5.96. The van der Waals surface area contributed by atoms with Crippen molar-refractivity contribution in [3.63, 3.8) is 0 Å². The number of amides is 3. The third-order valence-corrected chi connectivity index (χ3v) is 3.81. The first-order chi connectivity index (χ1) is 8.91. The van der Waals surface area contributed by atoms with E-state index < -0.39 is 12.1 Å². The van der Waals surface area contributed by atoms with Crippen LogP contribution in [0.2, 0.25) is 10.0 Å². The molecule has 2 rings (SSSR count). The van der Waals surface area contributed by atoms with Crippen molar-refractivity contribution < 1.29 is 9.59 Å². The van der Waals surface area contributed by atoms with E-state index in [4.69, 9.17) is 23.2 Å². The quantitative estimate of drug-likeness (QED) is 0.872. The lowest BCUT2D eigenvalue weighted by atomic mass is 10.0. The number of carbonyl (C=O) groups is 2. The van der Waals surface area contributed by atoms with Crippen molar-refractivity contribution in [3.8, 4) is 0 Å². The second-order valence-electron chi connectivity index (χ2n) is 4.80. The van der Waals surface area contributed by atoms with Crippen LogP contribution in [0.1, 0.15) is 19.4 Å². The third kappa shape index (κ3) is 2.69. The predicted molar refractivity (Wildman–Crippen MR) is 74.2 cm³/mol. The van der Waals surface area contributed by atoms with Crippen LogP contribution in [-0.4, -0.2) is 22.9 Å². The molecule has 1 aromatic carbocycles. The van der Waals surface area contributed by atoms with Crippen molar-refractivity contribution in [2.45, 2.75) is 26.4 Å². The molecule has 0 bridgehead atoms. The Morgan fingerprint density at radius 3 is 2.32 bits per heavy atom. The van der Waals surface area contributed by atoms with Gasteiger partial charge in [-0.3, -0.25) is 9.69 Å². The van der Waals surface area contributed by atoms with Gasteiger partial charge in [0.1, 0.15) is 6.04 Å². The van der Waals surface area contributed by atoms with E-state index in [1.165, 1.54) is 0 Å². The summed E-state index contributed by atoms with van der Waals surface area (Å²) in [4.78, 5) is 25.1. The molecule has 1 heterocycles. The van der Waals surface area contributed by atoms with Crippen LogP contribution in [-0.2, 0) is 11.3 Å². The number of hydrogen-bond donors (Lipinski definition) is 1. The van der Waals surface area contributed by atoms with Crippen LogP contribution < -0.4 is 5.32 Å². The van der Waals surface area contributed by atoms with E-state index in [1.54, 1.807) is 18.2 Å². The van der Waals surface area contributed by atoms with Gasteiger partial charge in [-0.1, -0.05) is 43.1 Å². The van der Waals surface area contributed by atoms with Gasteiger partial charge in [0.05, 0.1) is 6.54 Å². The highest BCUT2D eigenvalue weighted by atomic mass is 35.5. The van der Waals surface area contributed by atoms with Gasteiger partial charge in [0.15, 0.2) is 0 Å². The second-order valence-corrected chi connectivity index (χ2v) is 5.61. The minimum atomic E-state index is -0.478. The maximum Gasteiger partial charge on any atom is 0.325 e. The van der Waals surface area contributed by atoms with E-state index >= 15 is 0 Å². The highest BCUT2D eigenvalue weighted by molar-refractivity contribution is 6.36. The summed E-state index contributed by atoms with van der Waals surface area (Å²) in [6.07, 6.45) is 0. The van der Waals surface area contributed by atoms with Gasteiger partial charge < -0.3 is 5.32 Å². The number of rotatable bonds is 3. The molecule has 1 aromatic rings. The number of hydrogen-bond acceptors (Lipinski definition) is 2. The third-order valence-electron chi connectivity index (χ3n) is 3.10. The van der Waals surface area contributed by atoms with E-state index in [0.29, 0.717) is 15.6 Å². The number of halogens is 2. The van der Waals surface area contributed by atoms with Crippen molar-refractivity contribution in [2.24, 2.45) is 5.92 Å². The van der Waals surface area contributed by atoms with Crippen LogP contribution in [0, 0.1) is 5.92 Å². The molecule has 3 amide bonds. The molecule has 19 heavy (non-hydrogen) atoms. The molecule has 0 spiro atoms. The lowest BCUT2D eigenvalue weighted by Gasteiger charge is -2.16. The van der Waals surface area contributed by atoms with Crippen molar-refractivity contribution in [1.29, 1.82) is 0 Å². The van der Waals surface area contributed by atoms with Crippen LogP contribution in [0.5, 0.6) is 0 Å². The van der Waals surface area contributed by atoms with Crippen molar-refractivity contribution in [3.05, 3.63) is 33.8 Å². The molecule has 0 aromatic heterocycles. The van der Waals surface area contributed by atoms with Gasteiger partial charge in [0.2, 0.25) is 0 Å². The summed E-state index contributed by atoms with van der Waals surface area (Å²) in [6.45, 7) is 3.86. The normalized spacial score (nSPS) is 19.2. The van der Waals surface area contributed by atoms with Gasteiger partial charge in [0.25, 0.3) is 5.91 Å². The van der Waals surface area contributed by atoms with E-state index in [0.717, 1.165) is 4.90 Å². The fourth-order valence-electron chi connectivity index (χ4n) is 1.98. The number of nitrogens with one attached hydrogen (secondary N) is 1. The number of nitrogens with zero attached hydrogens (tertiary/aromatic N) is 1. The second kappa shape index (κ2) is 5.39. The summed E-state index contributed by atoms with van der Waals surface area (Å²) in [7, 11) is 0. The topological polar surface area (TPSA) is 49.4 Å². The number of carbonyl (C=O) groups excluding carboxylic acids is 2.